The van der Waals surface area contributed by atoms with E-state index in [4.69, 9.17) is 4.74 Å². The molecule has 1 heterocycles. The van der Waals surface area contributed by atoms with Gasteiger partial charge in [0.15, 0.2) is 0 Å². The van der Waals surface area contributed by atoms with Crippen LogP contribution in [0.3, 0.4) is 0 Å². The molecule has 7 heteroatoms. The molecule has 0 aliphatic carbocycles. The van der Waals surface area contributed by atoms with Crippen LogP contribution in [-0.4, -0.2) is 36.3 Å². The zero-order valence-electron chi connectivity index (χ0n) is 16.6. The molecule has 2 N–H and O–H groups in total. The zero-order chi connectivity index (χ0) is 21.0. The van der Waals surface area contributed by atoms with Gasteiger partial charge in [0.05, 0.1) is 12.7 Å². The van der Waals surface area contributed by atoms with Gasteiger partial charge in [-0.05, 0) is 36.2 Å². The summed E-state index contributed by atoms with van der Waals surface area (Å²) in [6.45, 7) is 3.68. The van der Waals surface area contributed by atoms with Gasteiger partial charge in [-0.2, -0.15) is 0 Å². The van der Waals surface area contributed by atoms with E-state index in [1.54, 1.807) is 55.6 Å². The minimum Gasteiger partial charge on any atom is -0.497 e. The maximum Gasteiger partial charge on any atom is 0.278 e. The van der Waals surface area contributed by atoms with Crippen molar-refractivity contribution < 1.29 is 19.1 Å². The molecule has 0 fully saturated rings. The first-order valence-corrected chi connectivity index (χ1v) is 9.34. The number of rotatable bonds is 7. The topological polar surface area (TPSA) is 87.7 Å². The van der Waals surface area contributed by atoms with E-state index in [1.807, 2.05) is 6.92 Å². The summed E-state index contributed by atoms with van der Waals surface area (Å²) in [5, 5.41) is 5.79. The van der Waals surface area contributed by atoms with Gasteiger partial charge in [0.25, 0.3) is 11.8 Å². The molecule has 0 saturated carbocycles. The lowest BCUT2D eigenvalue weighted by molar-refractivity contribution is -0.136. The predicted octanol–water partition coefficient (Wildman–Crippen LogP) is 3.26. The molecule has 3 amide bonds. The molecule has 0 saturated heterocycles. The molecule has 0 spiro atoms. The third-order valence-electron chi connectivity index (χ3n) is 4.45. The number of nitrogens with zero attached hydrogens (tertiary/aromatic N) is 1. The van der Waals surface area contributed by atoms with Crippen LogP contribution >= 0.6 is 0 Å². The van der Waals surface area contributed by atoms with Gasteiger partial charge < -0.3 is 15.4 Å². The van der Waals surface area contributed by atoms with Crippen molar-refractivity contribution in [2.75, 3.05) is 24.3 Å². The van der Waals surface area contributed by atoms with Crippen molar-refractivity contribution in [3.05, 3.63) is 59.8 Å². The first-order valence-electron chi connectivity index (χ1n) is 9.34. The number of hydrogen-bond donors (Lipinski definition) is 2. The minimum atomic E-state index is -0.361. The number of carbonyl (C=O) groups is 3. The summed E-state index contributed by atoms with van der Waals surface area (Å²) >= 11 is 0. The Morgan fingerprint density at radius 2 is 1.76 bits per heavy atom. The second-order valence-electron chi connectivity index (χ2n) is 6.63. The van der Waals surface area contributed by atoms with Crippen molar-refractivity contribution >= 4 is 34.7 Å². The van der Waals surface area contributed by atoms with Crippen molar-refractivity contribution in [1.82, 2.24) is 4.90 Å². The molecule has 0 unspecified atom stereocenters. The fourth-order valence-corrected chi connectivity index (χ4v) is 3.16. The Kier molecular flexibility index (Phi) is 5.97. The Morgan fingerprint density at radius 1 is 1.03 bits per heavy atom. The molecule has 1 aliphatic heterocycles. The molecule has 2 aromatic rings. The van der Waals surface area contributed by atoms with Crippen LogP contribution in [-0.2, 0) is 14.4 Å². The smallest absolute Gasteiger partial charge is 0.278 e. The van der Waals surface area contributed by atoms with Gasteiger partial charge in [0, 0.05) is 30.9 Å². The van der Waals surface area contributed by atoms with Gasteiger partial charge in [-0.1, -0.05) is 25.1 Å². The minimum absolute atomic E-state index is 0.182. The number of nitrogens with one attached hydrogen (secondary N) is 2. The molecule has 1 aliphatic rings. The molecule has 29 heavy (non-hydrogen) atoms. The Morgan fingerprint density at radius 3 is 2.38 bits per heavy atom. The molecule has 0 radical (unpaired) electrons. The van der Waals surface area contributed by atoms with Crippen LogP contribution in [0.2, 0.25) is 0 Å². The number of hydrogen-bond acceptors (Lipinski definition) is 5. The molecule has 3 rings (SSSR count). The second kappa shape index (κ2) is 8.60. The lowest BCUT2D eigenvalue weighted by Gasteiger charge is -2.14. The summed E-state index contributed by atoms with van der Waals surface area (Å²) in [6, 6.07) is 14.0. The van der Waals surface area contributed by atoms with Gasteiger partial charge in [0.1, 0.15) is 11.4 Å². The monoisotopic (exact) mass is 393 g/mol. The van der Waals surface area contributed by atoms with Crippen molar-refractivity contribution in [1.29, 1.82) is 0 Å². The maximum absolute atomic E-state index is 13.0. The fourth-order valence-electron chi connectivity index (χ4n) is 3.16. The number of imide groups is 1. The summed E-state index contributed by atoms with van der Waals surface area (Å²) in [7, 11) is 1.56. The number of amides is 3. The van der Waals surface area contributed by atoms with Gasteiger partial charge in [0.2, 0.25) is 5.91 Å². The summed E-state index contributed by atoms with van der Waals surface area (Å²) in [6.07, 6.45) is 0.665. The van der Waals surface area contributed by atoms with Gasteiger partial charge in [-0.25, -0.2) is 0 Å². The molecule has 0 bridgehead atoms. The van der Waals surface area contributed by atoms with E-state index < -0.39 is 0 Å². The molecule has 7 nitrogen and oxygen atoms in total. The van der Waals surface area contributed by atoms with Crippen LogP contribution in [0.25, 0.3) is 5.57 Å². The highest BCUT2D eigenvalue weighted by molar-refractivity contribution is 6.36. The summed E-state index contributed by atoms with van der Waals surface area (Å²) in [5.41, 5.74) is 2.39. The normalized spacial score (nSPS) is 13.7. The van der Waals surface area contributed by atoms with E-state index >= 15 is 0 Å². The SMILES string of the molecule is CCCN1C(=O)C(Nc2cccc(OC)c2)=C(c2ccc(NC(C)=O)cc2)C1=O. The van der Waals surface area contributed by atoms with E-state index in [0.29, 0.717) is 41.2 Å². The van der Waals surface area contributed by atoms with Crippen LogP contribution in [0.1, 0.15) is 25.8 Å². The summed E-state index contributed by atoms with van der Waals surface area (Å²) in [5.74, 6) is -0.243. The van der Waals surface area contributed by atoms with E-state index in [2.05, 4.69) is 10.6 Å². The first kappa shape index (κ1) is 20.1. The Labute approximate surface area is 169 Å². The molecular formula is C22H23N3O4. The lowest BCUT2D eigenvalue weighted by Crippen LogP contribution is -2.33. The number of benzene rings is 2. The van der Waals surface area contributed by atoms with Crippen LogP contribution in [0.15, 0.2) is 54.2 Å². The Hall–Kier alpha value is -3.61. The number of anilines is 2. The molecule has 0 aromatic heterocycles. The highest BCUT2D eigenvalue weighted by Gasteiger charge is 2.38. The zero-order valence-corrected chi connectivity index (χ0v) is 16.6. The lowest BCUT2D eigenvalue weighted by atomic mass is 10.0. The Balaban J connectivity index is 2.02. The predicted molar refractivity (Wildman–Crippen MR) is 111 cm³/mol. The third kappa shape index (κ3) is 4.29. The highest BCUT2D eigenvalue weighted by atomic mass is 16.5. The maximum atomic E-state index is 13.0. The van der Waals surface area contributed by atoms with Gasteiger partial charge in [-0.15, -0.1) is 0 Å². The average molecular weight is 393 g/mol. The van der Waals surface area contributed by atoms with E-state index in [0.717, 1.165) is 0 Å². The van der Waals surface area contributed by atoms with Crippen molar-refractivity contribution in [3.63, 3.8) is 0 Å². The van der Waals surface area contributed by atoms with Crippen molar-refractivity contribution in [2.45, 2.75) is 20.3 Å². The van der Waals surface area contributed by atoms with Gasteiger partial charge >= 0.3 is 0 Å². The first-order chi connectivity index (χ1) is 13.9. The average Bonchev–Trinajstić information content (AvgIpc) is 2.93. The quantitative estimate of drug-likeness (QED) is 0.705. The van der Waals surface area contributed by atoms with Crippen LogP contribution in [0, 0.1) is 0 Å². The van der Waals surface area contributed by atoms with E-state index in [1.165, 1.54) is 11.8 Å². The highest BCUT2D eigenvalue weighted by Crippen LogP contribution is 2.31. The molecule has 2 aromatic carbocycles. The second-order valence-corrected chi connectivity index (χ2v) is 6.63. The van der Waals surface area contributed by atoms with E-state index in [9.17, 15) is 14.4 Å². The number of carbonyl (C=O) groups excluding carboxylic acids is 3. The van der Waals surface area contributed by atoms with E-state index in [-0.39, 0.29) is 23.4 Å². The largest absolute Gasteiger partial charge is 0.497 e. The molecule has 0 atom stereocenters. The van der Waals surface area contributed by atoms with Crippen molar-refractivity contribution in [3.8, 4) is 5.75 Å². The fraction of sp³-hybridized carbons (Fsp3) is 0.227. The number of ether oxygens (including phenoxy) is 1. The molecular weight excluding hydrogens is 370 g/mol. The van der Waals surface area contributed by atoms with Gasteiger partial charge in [-0.3, -0.25) is 19.3 Å². The summed E-state index contributed by atoms with van der Waals surface area (Å²) < 4.78 is 5.23. The third-order valence-corrected chi connectivity index (χ3v) is 4.45. The standard InChI is InChI=1S/C22H23N3O4/c1-4-12-25-21(27)19(15-8-10-16(11-9-15)23-14(2)26)20(22(25)28)24-17-6-5-7-18(13-17)29-3/h5-11,13,24H,4,12H2,1-3H3,(H,23,26). The van der Waals surface area contributed by atoms with Crippen LogP contribution in [0.5, 0.6) is 5.75 Å². The Bertz CT molecular complexity index is 980. The summed E-state index contributed by atoms with van der Waals surface area (Å²) in [4.78, 5) is 38.4. The van der Waals surface area contributed by atoms with Crippen LogP contribution in [0.4, 0.5) is 11.4 Å². The van der Waals surface area contributed by atoms with Crippen LogP contribution < -0.4 is 15.4 Å². The van der Waals surface area contributed by atoms with Crippen molar-refractivity contribution in [2.24, 2.45) is 0 Å². The molecule has 150 valence electrons. The number of methoxy groups -OCH3 is 1.